The number of ether oxygens (including phenoxy) is 1. The van der Waals surface area contributed by atoms with Crippen LogP contribution >= 0.6 is 0 Å². The second-order valence-corrected chi connectivity index (χ2v) is 5.79. The number of fused-ring (bicyclic) bond motifs is 1. The maximum Gasteiger partial charge on any atom is 0.277 e. The minimum absolute atomic E-state index is 0.0947. The molecule has 118 valence electrons. The number of hydrogen-bond donors (Lipinski definition) is 0. The molecule has 3 heterocycles. The van der Waals surface area contributed by atoms with Crippen LogP contribution in [0, 0.1) is 0 Å². The molecule has 1 atom stereocenters. The third-order valence-electron chi connectivity index (χ3n) is 4.28. The van der Waals surface area contributed by atoms with E-state index in [4.69, 9.17) is 4.74 Å². The highest BCUT2D eigenvalue weighted by atomic mass is 16.5. The van der Waals surface area contributed by atoms with E-state index in [9.17, 15) is 4.79 Å². The van der Waals surface area contributed by atoms with Crippen molar-refractivity contribution in [1.29, 1.82) is 0 Å². The molecular formula is C17H18N4O2. The summed E-state index contributed by atoms with van der Waals surface area (Å²) in [6.07, 6.45) is 6.59. The first-order valence-electron chi connectivity index (χ1n) is 7.94. The van der Waals surface area contributed by atoms with Crippen LogP contribution < -0.4 is 5.56 Å². The van der Waals surface area contributed by atoms with Gasteiger partial charge in [0, 0.05) is 13.2 Å². The van der Waals surface area contributed by atoms with Crippen molar-refractivity contribution in [1.82, 2.24) is 19.6 Å². The van der Waals surface area contributed by atoms with Crippen molar-refractivity contribution in [2.75, 3.05) is 6.61 Å². The molecule has 0 bridgehead atoms. The Morgan fingerprint density at radius 1 is 1.17 bits per heavy atom. The number of para-hydroxylation sites is 1. The van der Waals surface area contributed by atoms with Gasteiger partial charge in [-0.2, -0.15) is 10.2 Å². The summed E-state index contributed by atoms with van der Waals surface area (Å²) in [7, 11) is 0. The van der Waals surface area contributed by atoms with Gasteiger partial charge in [-0.15, -0.1) is 0 Å². The highest BCUT2D eigenvalue weighted by molar-refractivity contribution is 5.78. The van der Waals surface area contributed by atoms with Gasteiger partial charge in [0.1, 0.15) is 0 Å². The summed E-state index contributed by atoms with van der Waals surface area (Å²) >= 11 is 0. The van der Waals surface area contributed by atoms with Crippen molar-refractivity contribution in [3.63, 3.8) is 0 Å². The van der Waals surface area contributed by atoms with Crippen LogP contribution in [-0.4, -0.2) is 32.3 Å². The van der Waals surface area contributed by atoms with E-state index in [1.807, 2.05) is 30.3 Å². The Morgan fingerprint density at radius 2 is 2.04 bits per heavy atom. The van der Waals surface area contributed by atoms with Crippen LogP contribution in [0.2, 0.25) is 0 Å². The summed E-state index contributed by atoms with van der Waals surface area (Å²) in [5.74, 6) is 0. The zero-order chi connectivity index (χ0) is 15.6. The van der Waals surface area contributed by atoms with Crippen molar-refractivity contribution < 1.29 is 4.74 Å². The predicted octanol–water partition coefficient (Wildman–Crippen LogP) is 2.15. The van der Waals surface area contributed by atoms with Crippen LogP contribution in [0.4, 0.5) is 0 Å². The Morgan fingerprint density at radius 3 is 2.83 bits per heavy atom. The SMILES string of the molecule is O=c1c2cnn(-c3ccccc3)c2cnn1CC[C@@H]1CCCO1. The average molecular weight is 310 g/mol. The summed E-state index contributed by atoms with van der Waals surface area (Å²) in [5, 5.41) is 9.25. The van der Waals surface area contributed by atoms with Gasteiger partial charge in [-0.3, -0.25) is 4.79 Å². The topological polar surface area (TPSA) is 61.9 Å². The Kier molecular flexibility index (Phi) is 3.67. The van der Waals surface area contributed by atoms with Gasteiger partial charge in [-0.05, 0) is 31.4 Å². The molecule has 6 heteroatoms. The lowest BCUT2D eigenvalue weighted by Crippen LogP contribution is -2.24. The van der Waals surface area contributed by atoms with E-state index in [1.54, 1.807) is 17.1 Å². The molecule has 6 nitrogen and oxygen atoms in total. The van der Waals surface area contributed by atoms with E-state index in [2.05, 4.69) is 10.2 Å². The molecule has 0 amide bonds. The molecule has 1 aromatic carbocycles. The minimum Gasteiger partial charge on any atom is -0.378 e. The van der Waals surface area contributed by atoms with Gasteiger partial charge in [0.2, 0.25) is 0 Å². The van der Waals surface area contributed by atoms with Crippen molar-refractivity contribution in [2.24, 2.45) is 0 Å². The van der Waals surface area contributed by atoms with Crippen LogP contribution in [0.25, 0.3) is 16.6 Å². The maximum absolute atomic E-state index is 12.6. The number of rotatable bonds is 4. The van der Waals surface area contributed by atoms with Crippen LogP contribution in [0.3, 0.4) is 0 Å². The average Bonchev–Trinajstić information content (AvgIpc) is 3.25. The Labute approximate surface area is 133 Å². The molecule has 0 saturated carbocycles. The number of hydrogen-bond acceptors (Lipinski definition) is 4. The molecule has 1 fully saturated rings. The van der Waals surface area contributed by atoms with Crippen LogP contribution in [0.15, 0.2) is 47.5 Å². The molecule has 0 N–H and O–H groups in total. The fourth-order valence-corrected chi connectivity index (χ4v) is 3.04. The lowest BCUT2D eigenvalue weighted by Gasteiger charge is -2.10. The highest BCUT2D eigenvalue weighted by Crippen LogP contribution is 2.17. The summed E-state index contributed by atoms with van der Waals surface area (Å²) < 4.78 is 8.86. The zero-order valence-electron chi connectivity index (χ0n) is 12.8. The molecule has 0 aliphatic carbocycles. The quantitative estimate of drug-likeness (QED) is 0.741. The monoisotopic (exact) mass is 310 g/mol. The van der Waals surface area contributed by atoms with E-state index in [-0.39, 0.29) is 11.7 Å². The fraction of sp³-hybridized carbons (Fsp3) is 0.353. The summed E-state index contributed by atoms with van der Waals surface area (Å²) in [4.78, 5) is 12.6. The van der Waals surface area contributed by atoms with Crippen LogP contribution in [0.1, 0.15) is 19.3 Å². The Bertz CT molecular complexity index is 863. The number of benzene rings is 1. The van der Waals surface area contributed by atoms with Crippen LogP contribution in [0.5, 0.6) is 0 Å². The normalized spacial score (nSPS) is 17.8. The van der Waals surface area contributed by atoms with E-state index in [0.717, 1.165) is 37.1 Å². The van der Waals surface area contributed by atoms with E-state index in [1.165, 1.54) is 4.68 Å². The third-order valence-corrected chi connectivity index (χ3v) is 4.28. The highest BCUT2D eigenvalue weighted by Gasteiger charge is 2.16. The van der Waals surface area contributed by atoms with Gasteiger partial charge in [-0.1, -0.05) is 18.2 Å². The van der Waals surface area contributed by atoms with Crippen molar-refractivity contribution in [3.05, 3.63) is 53.1 Å². The standard InChI is InChI=1S/C17H18N4O2/c22-17-15-11-19-21(13-5-2-1-3-6-13)16(15)12-18-20(17)9-8-14-7-4-10-23-14/h1-3,5-6,11-12,14H,4,7-10H2/t14-/m0/s1. The first-order chi connectivity index (χ1) is 11.3. The largest absolute Gasteiger partial charge is 0.378 e. The molecule has 1 aliphatic rings. The molecule has 0 unspecified atom stereocenters. The van der Waals surface area contributed by atoms with Crippen molar-refractivity contribution in [3.8, 4) is 5.69 Å². The van der Waals surface area contributed by atoms with Gasteiger partial charge in [0.05, 0.1) is 35.1 Å². The van der Waals surface area contributed by atoms with E-state index >= 15 is 0 Å². The lowest BCUT2D eigenvalue weighted by molar-refractivity contribution is 0.0991. The fourth-order valence-electron chi connectivity index (χ4n) is 3.04. The van der Waals surface area contributed by atoms with Crippen LogP contribution in [-0.2, 0) is 11.3 Å². The lowest BCUT2D eigenvalue weighted by atomic mass is 10.2. The first-order valence-corrected chi connectivity index (χ1v) is 7.94. The molecule has 23 heavy (non-hydrogen) atoms. The molecule has 0 radical (unpaired) electrons. The molecular weight excluding hydrogens is 292 g/mol. The number of aryl methyl sites for hydroxylation is 1. The molecule has 4 rings (SSSR count). The molecule has 2 aromatic heterocycles. The van der Waals surface area contributed by atoms with Gasteiger partial charge in [0.15, 0.2) is 0 Å². The summed E-state index contributed by atoms with van der Waals surface area (Å²) in [5.41, 5.74) is 1.55. The Balaban J connectivity index is 1.65. The smallest absolute Gasteiger partial charge is 0.277 e. The second kappa shape index (κ2) is 5.96. The first kappa shape index (κ1) is 14.1. The van der Waals surface area contributed by atoms with Crippen molar-refractivity contribution in [2.45, 2.75) is 31.9 Å². The van der Waals surface area contributed by atoms with Gasteiger partial charge < -0.3 is 4.74 Å². The number of aromatic nitrogens is 4. The second-order valence-electron chi connectivity index (χ2n) is 5.79. The minimum atomic E-state index is -0.0947. The van der Waals surface area contributed by atoms with Crippen molar-refractivity contribution >= 4 is 10.9 Å². The molecule has 0 spiro atoms. The van der Waals surface area contributed by atoms with Gasteiger partial charge >= 0.3 is 0 Å². The van der Waals surface area contributed by atoms with E-state index in [0.29, 0.717) is 11.9 Å². The van der Waals surface area contributed by atoms with Gasteiger partial charge in [-0.25, -0.2) is 9.36 Å². The van der Waals surface area contributed by atoms with E-state index < -0.39 is 0 Å². The number of nitrogens with zero attached hydrogens (tertiary/aromatic N) is 4. The van der Waals surface area contributed by atoms with Gasteiger partial charge in [0.25, 0.3) is 5.56 Å². The third kappa shape index (κ3) is 2.66. The zero-order valence-corrected chi connectivity index (χ0v) is 12.8. The maximum atomic E-state index is 12.6. The summed E-state index contributed by atoms with van der Waals surface area (Å²) in [6.45, 7) is 1.41. The molecule has 3 aromatic rings. The Hall–Kier alpha value is -2.47. The summed E-state index contributed by atoms with van der Waals surface area (Å²) in [6, 6.07) is 9.74. The molecule has 1 saturated heterocycles. The predicted molar refractivity (Wildman–Crippen MR) is 86.7 cm³/mol. The molecule has 1 aliphatic heterocycles.